The molecule has 0 saturated heterocycles. The van der Waals surface area contributed by atoms with E-state index in [0.29, 0.717) is 17.7 Å². The topological polar surface area (TPSA) is 87.0 Å². The average Bonchev–Trinajstić information content (AvgIpc) is 2.88. The summed E-state index contributed by atoms with van der Waals surface area (Å²) in [5.74, 6) is -0.497. The first-order chi connectivity index (χ1) is 17.0. The summed E-state index contributed by atoms with van der Waals surface area (Å²) in [7, 11) is 0. The standard InChI is InChI=1S/C30H24O5/c31-21-12-13-22-23(17-29(35-30(22)15-21)20-9-5-2-6-10-20)24-16-25(28(34)18-27(24)33)26(32)14-11-19-7-3-1-4-8-19/h1-16,18,23,29,31,33-34H,17H2/b14-11+/t23-,29+/m1/s1. The highest BCUT2D eigenvalue weighted by Gasteiger charge is 2.33. The van der Waals surface area contributed by atoms with Crippen molar-refractivity contribution in [3.8, 4) is 23.0 Å². The smallest absolute Gasteiger partial charge is 0.189 e. The summed E-state index contributed by atoms with van der Waals surface area (Å²) in [6.45, 7) is 0. The second-order valence-electron chi connectivity index (χ2n) is 8.56. The molecule has 1 aliphatic rings. The van der Waals surface area contributed by atoms with Gasteiger partial charge in [0.15, 0.2) is 5.78 Å². The number of phenolic OH excluding ortho intramolecular Hbond substituents is 3. The van der Waals surface area contributed by atoms with E-state index in [1.807, 2.05) is 60.7 Å². The van der Waals surface area contributed by atoms with Crippen molar-refractivity contribution < 1.29 is 24.9 Å². The van der Waals surface area contributed by atoms with Crippen molar-refractivity contribution in [2.24, 2.45) is 0 Å². The minimum Gasteiger partial charge on any atom is -0.508 e. The van der Waals surface area contributed by atoms with Crippen molar-refractivity contribution in [1.82, 2.24) is 0 Å². The van der Waals surface area contributed by atoms with Gasteiger partial charge in [-0.1, -0.05) is 72.8 Å². The Hall–Kier alpha value is -4.51. The highest BCUT2D eigenvalue weighted by molar-refractivity contribution is 6.08. The van der Waals surface area contributed by atoms with Crippen molar-refractivity contribution >= 4 is 11.9 Å². The summed E-state index contributed by atoms with van der Waals surface area (Å²) in [6.07, 6.45) is 3.29. The minimum absolute atomic E-state index is 0.0769. The average molecular weight is 465 g/mol. The van der Waals surface area contributed by atoms with Crippen LogP contribution in [0.15, 0.2) is 97.1 Å². The fourth-order valence-corrected chi connectivity index (χ4v) is 4.52. The van der Waals surface area contributed by atoms with Gasteiger partial charge in [-0.25, -0.2) is 0 Å². The predicted molar refractivity (Wildman–Crippen MR) is 134 cm³/mol. The summed E-state index contributed by atoms with van der Waals surface area (Å²) in [4.78, 5) is 13.0. The van der Waals surface area contributed by atoms with E-state index in [1.165, 1.54) is 12.1 Å². The van der Waals surface area contributed by atoms with Crippen molar-refractivity contribution in [3.05, 3.63) is 125 Å². The lowest BCUT2D eigenvalue weighted by Gasteiger charge is -2.33. The number of ketones is 1. The van der Waals surface area contributed by atoms with Crippen LogP contribution in [0.4, 0.5) is 0 Å². The third-order valence-corrected chi connectivity index (χ3v) is 6.28. The Morgan fingerprint density at radius 3 is 2.26 bits per heavy atom. The van der Waals surface area contributed by atoms with Crippen molar-refractivity contribution in [3.63, 3.8) is 0 Å². The summed E-state index contributed by atoms with van der Waals surface area (Å²) in [5.41, 5.74) is 3.23. The first-order valence-electron chi connectivity index (χ1n) is 11.4. The van der Waals surface area contributed by atoms with Crippen molar-refractivity contribution in [2.75, 3.05) is 0 Å². The van der Waals surface area contributed by atoms with Crippen molar-refractivity contribution in [1.29, 1.82) is 0 Å². The van der Waals surface area contributed by atoms with E-state index in [-0.39, 0.29) is 40.6 Å². The van der Waals surface area contributed by atoms with E-state index in [9.17, 15) is 20.1 Å². The SMILES string of the molecule is O=C(/C=C/c1ccccc1)c1cc([C@@H]2C[C@@H](c3ccccc3)Oc3cc(O)ccc32)c(O)cc1O. The van der Waals surface area contributed by atoms with E-state index in [1.54, 1.807) is 30.3 Å². The number of fused-ring (bicyclic) bond motifs is 1. The van der Waals surface area contributed by atoms with Gasteiger partial charge in [0.05, 0.1) is 5.56 Å². The molecule has 1 aliphatic heterocycles. The Balaban J connectivity index is 1.55. The second-order valence-corrected chi connectivity index (χ2v) is 8.56. The third-order valence-electron chi connectivity index (χ3n) is 6.28. The molecule has 5 nitrogen and oxygen atoms in total. The molecular weight excluding hydrogens is 440 g/mol. The van der Waals surface area contributed by atoms with E-state index >= 15 is 0 Å². The van der Waals surface area contributed by atoms with Gasteiger partial charge in [0.2, 0.25) is 0 Å². The highest BCUT2D eigenvalue weighted by atomic mass is 16.5. The van der Waals surface area contributed by atoms with Gasteiger partial charge in [0, 0.05) is 29.2 Å². The number of hydrogen-bond donors (Lipinski definition) is 3. The third kappa shape index (κ3) is 4.62. The maximum atomic E-state index is 13.0. The first-order valence-corrected chi connectivity index (χ1v) is 11.4. The number of ether oxygens (including phenoxy) is 1. The largest absolute Gasteiger partial charge is 0.508 e. The summed E-state index contributed by atoms with van der Waals surface area (Å²) >= 11 is 0. The summed E-state index contributed by atoms with van der Waals surface area (Å²) in [5, 5.41) is 31.3. The van der Waals surface area contributed by atoms with Crippen LogP contribution in [-0.2, 0) is 0 Å². The zero-order valence-electron chi connectivity index (χ0n) is 18.8. The molecule has 4 aromatic rings. The van der Waals surface area contributed by atoms with Crippen LogP contribution in [-0.4, -0.2) is 21.1 Å². The van der Waals surface area contributed by atoms with Gasteiger partial charge >= 0.3 is 0 Å². The molecule has 35 heavy (non-hydrogen) atoms. The minimum atomic E-state index is -0.370. The van der Waals surface area contributed by atoms with Crippen molar-refractivity contribution in [2.45, 2.75) is 18.4 Å². The highest BCUT2D eigenvalue weighted by Crippen LogP contribution is 2.49. The van der Waals surface area contributed by atoms with Gasteiger partial charge in [-0.3, -0.25) is 4.79 Å². The Morgan fingerprint density at radius 1 is 0.800 bits per heavy atom. The van der Waals surface area contributed by atoms with Gasteiger partial charge in [-0.2, -0.15) is 0 Å². The fraction of sp³-hybridized carbons (Fsp3) is 0.100. The lowest BCUT2D eigenvalue weighted by molar-refractivity contribution is 0.104. The zero-order valence-corrected chi connectivity index (χ0v) is 18.8. The molecule has 0 saturated carbocycles. The number of phenols is 3. The molecule has 5 rings (SSSR count). The molecule has 1 heterocycles. The van der Waals surface area contributed by atoms with E-state index in [4.69, 9.17) is 4.74 Å². The van der Waals surface area contributed by atoms with Crippen LogP contribution in [0.25, 0.3) is 6.08 Å². The van der Waals surface area contributed by atoms with Gasteiger partial charge < -0.3 is 20.1 Å². The monoisotopic (exact) mass is 464 g/mol. The molecular formula is C30H24O5. The fourth-order valence-electron chi connectivity index (χ4n) is 4.52. The van der Waals surface area contributed by atoms with Crippen LogP contribution in [0.5, 0.6) is 23.0 Å². The Labute approximate surface area is 203 Å². The normalized spacial score (nSPS) is 17.0. The molecule has 0 radical (unpaired) electrons. The lowest BCUT2D eigenvalue weighted by Crippen LogP contribution is -2.20. The Morgan fingerprint density at radius 2 is 1.51 bits per heavy atom. The maximum absolute atomic E-state index is 13.0. The molecule has 2 atom stereocenters. The number of rotatable bonds is 5. The molecule has 0 spiro atoms. The zero-order chi connectivity index (χ0) is 24.4. The molecule has 0 aliphatic carbocycles. The van der Waals surface area contributed by atoms with Crippen LogP contribution in [0.1, 0.15) is 51.1 Å². The Bertz CT molecular complexity index is 1390. The number of carbonyl (C=O) groups excluding carboxylic acids is 1. The van der Waals surface area contributed by atoms with E-state index < -0.39 is 0 Å². The van der Waals surface area contributed by atoms with Gasteiger partial charge in [0.25, 0.3) is 0 Å². The van der Waals surface area contributed by atoms with Crippen LogP contribution >= 0.6 is 0 Å². The van der Waals surface area contributed by atoms with Crippen LogP contribution in [0.3, 0.4) is 0 Å². The van der Waals surface area contributed by atoms with E-state index in [0.717, 1.165) is 16.7 Å². The molecule has 0 aromatic heterocycles. The van der Waals surface area contributed by atoms with Crippen LogP contribution < -0.4 is 4.74 Å². The van der Waals surface area contributed by atoms with Gasteiger partial charge in [-0.05, 0) is 35.8 Å². The summed E-state index contributed by atoms with van der Waals surface area (Å²) in [6, 6.07) is 26.8. The molecule has 4 aromatic carbocycles. The molecule has 174 valence electrons. The quantitative estimate of drug-likeness (QED) is 0.236. The number of hydrogen-bond acceptors (Lipinski definition) is 5. The predicted octanol–water partition coefficient (Wildman–Crippen LogP) is 6.36. The molecule has 0 unspecified atom stereocenters. The molecule has 5 heteroatoms. The van der Waals surface area contributed by atoms with E-state index in [2.05, 4.69) is 0 Å². The second kappa shape index (κ2) is 9.39. The van der Waals surface area contributed by atoms with Crippen LogP contribution in [0, 0.1) is 0 Å². The van der Waals surface area contributed by atoms with Gasteiger partial charge in [0.1, 0.15) is 29.1 Å². The Kier molecular flexibility index (Phi) is 5.98. The first kappa shape index (κ1) is 22.3. The molecule has 0 bridgehead atoms. The number of carbonyl (C=O) groups is 1. The number of allylic oxidation sites excluding steroid dienone is 1. The van der Waals surface area contributed by atoms with Crippen LogP contribution in [0.2, 0.25) is 0 Å². The molecule has 0 amide bonds. The molecule has 3 N–H and O–H groups in total. The summed E-state index contributed by atoms with van der Waals surface area (Å²) < 4.78 is 6.21. The maximum Gasteiger partial charge on any atom is 0.189 e. The molecule has 0 fully saturated rings. The number of aromatic hydroxyl groups is 3. The van der Waals surface area contributed by atoms with Gasteiger partial charge in [-0.15, -0.1) is 0 Å². The lowest BCUT2D eigenvalue weighted by atomic mass is 9.81. The number of benzene rings is 4.